The molecule has 4 heteroatoms. The summed E-state index contributed by atoms with van der Waals surface area (Å²) in [4.78, 5) is 13.9. The zero-order valence-corrected chi connectivity index (χ0v) is 12.3. The van der Waals surface area contributed by atoms with Gasteiger partial charge in [0.2, 0.25) is 0 Å². The third kappa shape index (κ3) is 4.77. The molecule has 0 N–H and O–H groups in total. The quantitative estimate of drug-likeness (QED) is 0.731. The van der Waals surface area contributed by atoms with Gasteiger partial charge in [-0.3, -0.25) is 9.69 Å². The summed E-state index contributed by atoms with van der Waals surface area (Å²) in [5, 5.41) is 0. The minimum absolute atomic E-state index is 0.0762. The van der Waals surface area contributed by atoms with Gasteiger partial charge in [0.05, 0.1) is 26.4 Å². The second-order valence-electron chi connectivity index (χ2n) is 6.23. The van der Waals surface area contributed by atoms with Crippen molar-refractivity contribution in [2.45, 2.75) is 33.1 Å². The van der Waals surface area contributed by atoms with Crippen molar-refractivity contribution < 1.29 is 14.3 Å². The van der Waals surface area contributed by atoms with Crippen LogP contribution in [0.1, 0.15) is 33.1 Å². The Morgan fingerprint density at radius 2 is 2.00 bits per heavy atom. The molecule has 0 bridgehead atoms. The van der Waals surface area contributed by atoms with Gasteiger partial charge in [-0.1, -0.05) is 20.3 Å². The number of carbonyl (C=O) groups is 1. The summed E-state index contributed by atoms with van der Waals surface area (Å²) in [5.41, 5.74) is 0. The highest BCUT2D eigenvalue weighted by Gasteiger charge is 2.26. The van der Waals surface area contributed by atoms with E-state index in [1.54, 1.807) is 0 Å². The number of hydrogen-bond donors (Lipinski definition) is 0. The van der Waals surface area contributed by atoms with Crippen LogP contribution < -0.4 is 0 Å². The monoisotopic (exact) mass is 269 g/mol. The number of ether oxygens (including phenoxy) is 2. The van der Waals surface area contributed by atoms with Gasteiger partial charge in [0, 0.05) is 13.1 Å². The van der Waals surface area contributed by atoms with E-state index >= 15 is 0 Å². The van der Waals surface area contributed by atoms with E-state index in [4.69, 9.17) is 9.47 Å². The fourth-order valence-corrected chi connectivity index (χ4v) is 3.16. The molecule has 2 rings (SSSR count). The van der Waals surface area contributed by atoms with Crippen LogP contribution in [-0.2, 0) is 14.3 Å². The summed E-state index contributed by atoms with van der Waals surface area (Å²) in [6.45, 7) is 8.76. The molecule has 1 saturated heterocycles. The molecule has 0 aromatic carbocycles. The molecule has 1 heterocycles. The summed E-state index contributed by atoms with van der Waals surface area (Å²) < 4.78 is 10.7. The lowest BCUT2D eigenvalue weighted by atomic mass is 9.76. The van der Waals surface area contributed by atoms with Crippen LogP contribution in [0, 0.1) is 17.8 Å². The molecular weight excluding hydrogens is 242 g/mol. The van der Waals surface area contributed by atoms with Crippen molar-refractivity contribution in [2.75, 3.05) is 39.5 Å². The van der Waals surface area contributed by atoms with Crippen LogP contribution in [0.4, 0.5) is 0 Å². The van der Waals surface area contributed by atoms with E-state index in [2.05, 4.69) is 18.7 Å². The first kappa shape index (κ1) is 14.8. The minimum atomic E-state index is -0.0762. The molecule has 2 aliphatic rings. The second kappa shape index (κ2) is 7.25. The van der Waals surface area contributed by atoms with E-state index in [1.165, 1.54) is 19.3 Å². The van der Waals surface area contributed by atoms with Crippen LogP contribution in [0.3, 0.4) is 0 Å². The maximum Gasteiger partial charge on any atom is 0.320 e. The molecule has 19 heavy (non-hydrogen) atoms. The van der Waals surface area contributed by atoms with Gasteiger partial charge >= 0.3 is 5.97 Å². The lowest BCUT2D eigenvalue weighted by molar-refractivity contribution is -0.148. The Hall–Kier alpha value is -0.610. The number of morpholine rings is 1. The van der Waals surface area contributed by atoms with Crippen LogP contribution >= 0.6 is 0 Å². The summed E-state index contributed by atoms with van der Waals surface area (Å²) in [6.07, 6.45) is 3.74. The normalized spacial score (nSPS) is 33.1. The van der Waals surface area contributed by atoms with E-state index < -0.39 is 0 Å². The maximum atomic E-state index is 11.8. The Morgan fingerprint density at radius 1 is 1.26 bits per heavy atom. The van der Waals surface area contributed by atoms with Crippen molar-refractivity contribution in [3.05, 3.63) is 0 Å². The molecule has 0 aromatic rings. The number of nitrogens with zero attached hydrogens (tertiary/aromatic N) is 1. The first-order valence-corrected chi connectivity index (χ1v) is 7.61. The highest BCUT2D eigenvalue weighted by atomic mass is 16.5. The van der Waals surface area contributed by atoms with Gasteiger partial charge in [-0.05, 0) is 30.6 Å². The first-order valence-electron chi connectivity index (χ1n) is 7.61. The van der Waals surface area contributed by atoms with E-state index in [9.17, 15) is 4.79 Å². The van der Waals surface area contributed by atoms with Crippen LogP contribution in [0.5, 0.6) is 0 Å². The lowest BCUT2D eigenvalue weighted by Gasteiger charge is -2.32. The smallest absolute Gasteiger partial charge is 0.320 e. The lowest BCUT2D eigenvalue weighted by Crippen LogP contribution is -2.40. The number of carbonyl (C=O) groups excluding carboxylic acids is 1. The van der Waals surface area contributed by atoms with Crippen LogP contribution in [0.15, 0.2) is 0 Å². The van der Waals surface area contributed by atoms with Crippen molar-refractivity contribution >= 4 is 5.97 Å². The molecule has 0 spiro atoms. The van der Waals surface area contributed by atoms with Gasteiger partial charge in [-0.25, -0.2) is 0 Å². The summed E-state index contributed by atoms with van der Waals surface area (Å²) >= 11 is 0. The standard InChI is InChI=1S/C15H27NO3/c1-12-3-4-14(13(2)9-12)11-19-15(17)10-16-5-7-18-8-6-16/h12-14H,3-11H2,1-2H3/t12-,13-,14+/m1/s1. The van der Waals surface area contributed by atoms with Gasteiger partial charge in [-0.15, -0.1) is 0 Å². The van der Waals surface area contributed by atoms with Gasteiger partial charge < -0.3 is 9.47 Å². The molecule has 1 aliphatic heterocycles. The molecule has 0 aromatic heterocycles. The topological polar surface area (TPSA) is 38.8 Å². The Bertz CT molecular complexity index is 289. The molecule has 0 radical (unpaired) electrons. The summed E-state index contributed by atoms with van der Waals surface area (Å²) in [5.74, 6) is 1.99. The van der Waals surface area contributed by atoms with Crippen molar-refractivity contribution in [1.29, 1.82) is 0 Å². The predicted molar refractivity (Wildman–Crippen MR) is 73.9 cm³/mol. The molecule has 110 valence electrons. The van der Waals surface area contributed by atoms with Gasteiger partial charge in [0.25, 0.3) is 0 Å². The highest BCUT2D eigenvalue weighted by Crippen LogP contribution is 2.33. The molecule has 1 aliphatic carbocycles. The Kier molecular flexibility index (Phi) is 5.64. The van der Waals surface area contributed by atoms with Crippen molar-refractivity contribution in [3.63, 3.8) is 0 Å². The van der Waals surface area contributed by atoms with E-state index in [0.29, 0.717) is 25.0 Å². The fourth-order valence-electron chi connectivity index (χ4n) is 3.16. The van der Waals surface area contributed by atoms with Crippen molar-refractivity contribution in [2.24, 2.45) is 17.8 Å². The largest absolute Gasteiger partial charge is 0.464 e. The number of hydrogen-bond acceptors (Lipinski definition) is 4. The average molecular weight is 269 g/mol. The zero-order chi connectivity index (χ0) is 13.7. The molecule has 3 atom stereocenters. The first-order chi connectivity index (χ1) is 9.15. The molecule has 0 amide bonds. The SMILES string of the molecule is C[C@@H]1CC[C@@H](COC(=O)CN2CCOCC2)[C@H](C)C1. The fraction of sp³-hybridized carbons (Fsp3) is 0.933. The molecule has 0 unspecified atom stereocenters. The second-order valence-corrected chi connectivity index (χ2v) is 6.23. The van der Waals surface area contributed by atoms with Crippen LogP contribution in [-0.4, -0.2) is 50.3 Å². The number of rotatable bonds is 4. The van der Waals surface area contributed by atoms with E-state index in [-0.39, 0.29) is 5.97 Å². The third-order valence-electron chi connectivity index (χ3n) is 4.52. The van der Waals surface area contributed by atoms with Crippen molar-refractivity contribution in [1.82, 2.24) is 4.90 Å². The van der Waals surface area contributed by atoms with E-state index in [0.717, 1.165) is 32.2 Å². The van der Waals surface area contributed by atoms with Crippen LogP contribution in [0.25, 0.3) is 0 Å². The van der Waals surface area contributed by atoms with Crippen LogP contribution in [0.2, 0.25) is 0 Å². The van der Waals surface area contributed by atoms with E-state index in [1.807, 2.05) is 0 Å². The van der Waals surface area contributed by atoms with Gasteiger partial charge in [-0.2, -0.15) is 0 Å². The maximum absolute atomic E-state index is 11.8. The van der Waals surface area contributed by atoms with Gasteiger partial charge in [0.1, 0.15) is 0 Å². The number of esters is 1. The Labute approximate surface area is 116 Å². The zero-order valence-electron chi connectivity index (χ0n) is 12.3. The Morgan fingerprint density at radius 3 is 2.68 bits per heavy atom. The predicted octanol–water partition coefficient (Wildman–Crippen LogP) is 1.93. The summed E-state index contributed by atoms with van der Waals surface area (Å²) in [7, 11) is 0. The summed E-state index contributed by atoms with van der Waals surface area (Å²) in [6, 6.07) is 0. The third-order valence-corrected chi connectivity index (χ3v) is 4.52. The molecule has 1 saturated carbocycles. The Balaban J connectivity index is 1.65. The van der Waals surface area contributed by atoms with Gasteiger partial charge in [0.15, 0.2) is 0 Å². The highest BCUT2D eigenvalue weighted by molar-refractivity contribution is 5.71. The molecular formula is C15H27NO3. The minimum Gasteiger partial charge on any atom is -0.464 e. The average Bonchev–Trinajstić information content (AvgIpc) is 2.39. The van der Waals surface area contributed by atoms with Crippen molar-refractivity contribution in [3.8, 4) is 0 Å². The molecule has 2 fully saturated rings. The molecule has 4 nitrogen and oxygen atoms in total.